The molecule has 0 aliphatic heterocycles. The zero-order valence-electron chi connectivity index (χ0n) is 29.3. The lowest BCUT2D eigenvalue weighted by molar-refractivity contribution is -0.141. The first-order chi connectivity index (χ1) is 20.5. The van der Waals surface area contributed by atoms with E-state index in [0.29, 0.717) is 18.8 Å². The van der Waals surface area contributed by atoms with Gasteiger partial charge in [-0.3, -0.25) is 14.4 Å². The van der Waals surface area contributed by atoms with E-state index in [4.69, 9.17) is 9.47 Å². The van der Waals surface area contributed by atoms with Gasteiger partial charge in [0.05, 0.1) is 12.1 Å². The maximum atomic E-state index is 14.2. The summed E-state index contributed by atoms with van der Waals surface area (Å²) in [5.74, 6) is -0.170. The number of hydrogen-bond acceptors (Lipinski definition) is 6. The van der Waals surface area contributed by atoms with Crippen molar-refractivity contribution < 1.29 is 23.9 Å². The van der Waals surface area contributed by atoms with Gasteiger partial charge in [0.25, 0.3) is 0 Å². The number of ketones is 1. The maximum Gasteiger partial charge on any atom is 0.245 e. The fourth-order valence-electron chi connectivity index (χ4n) is 6.83. The average molecular weight is 614 g/mol. The Balaban J connectivity index is 2.36. The molecule has 44 heavy (non-hydrogen) atoms. The van der Waals surface area contributed by atoms with E-state index in [-0.39, 0.29) is 47.3 Å². The van der Waals surface area contributed by atoms with Crippen LogP contribution >= 0.6 is 0 Å². The number of ether oxygens (including phenoxy) is 2. The van der Waals surface area contributed by atoms with Gasteiger partial charge in [0.2, 0.25) is 11.8 Å². The Morgan fingerprint density at radius 1 is 0.955 bits per heavy atom. The molecule has 8 nitrogen and oxygen atoms in total. The minimum Gasteiger partial charge on any atom is -0.384 e. The first kappa shape index (κ1) is 37.6. The van der Waals surface area contributed by atoms with Gasteiger partial charge in [0, 0.05) is 45.8 Å². The first-order valence-electron chi connectivity index (χ1n) is 16.0. The van der Waals surface area contributed by atoms with Gasteiger partial charge in [-0.25, -0.2) is 0 Å². The summed E-state index contributed by atoms with van der Waals surface area (Å²) < 4.78 is 10.9. The van der Waals surface area contributed by atoms with Crippen LogP contribution in [0, 0.1) is 29.1 Å². The van der Waals surface area contributed by atoms with Crippen molar-refractivity contribution in [2.24, 2.45) is 29.1 Å². The van der Waals surface area contributed by atoms with Crippen molar-refractivity contribution >= 4 is 17.6 Å². The Labute approximate surface area is 266 Å². The third kappa shape index (κ3) is 9.01. The summed E-state index contributed by atoms with van der Waals surface area (Å²) in [4.78, 5) is 43.6. The molecule has 0 aromatic heterocycles. The molecule has 2 amide bonds. The van der Waals surface area contributed by atoms with E-state index in [9.17, 15) is 14.4 Å². The lowest BCUT2D eigenvalue weighted by Crippen LogP contribution is -2.61. The predicted molar refractivity (Wildman–Crippen MR) is 177 cm³/mol. The molecule has 2 rings (SSSR count). The fourth-order valence-corrected chi connectivity index (χ4v) is 6.83. The van der Waals surface area contributed by atoms with Crippen molar-refractivity contribution in [1.82, 2.24) is 15.5 Å². The highest BCUT2D eigenvalue weighted by Crippen LogP contribution is 2.39. The second-order valence-corrected chi connectivity index (χ2v) is 14.5. The van der Waals surface area contributed by atoms with E-state index in [1.54, 1.807) is 33.2 Å². The first-order valence-corrected chi connectivity index (χ1v) is 16.0. The largest absolute Gasteiger partial charge is 0.384 e. The number of carbonyl (C=O) groups excluding carboxylic acids is 3. The summed E-state index contributed by atoms with van der Waals surface area (Å²) in [5.41, 5.74) is 0.586. The van der Waals surface area contributed by atoms with Gasteiger partial charge in [0.1, 0.15) is 6.04 Å². The molecule has 0 heterocycles. The summed E-state index contributed by atoms with van der Waals surface area (Å²) >= 11 is 0. The molecule has 1 aliphatic rings. The van der Waals surface area contributed by atoms with Gasteiger partial charge >= 0.3 is 0 Å². The third-order valence-corrected chi connectivity index (χ3v) is 9.47. The maximum absolute atomic E-state index is 14.2. The minimum absolute atomic E-state index is 0.0400. The molecule has 1 aromatic rings. The Kier molecular flexibility index (Phi) is 13.8. The minimum atomic E-state index is -0.778. The lowest BCUT2D eigenvalue weighted by Gasteiger charge is -2.40. The number of rotatable bonds is 15. The molecule has 2 N–H and O–H groups in total. The van der Waals surface area contributed by atoms with E-state index in [1.807, 2.05) is 91.8 Å². The predicted octanol–water partition coefficient (Wildman–Crippen LogP) is 5.02. The van der Waals surface area contributed by atoms with Gasteiger partial charge in [-0.05, 0) is 61.1 Å². The molecule has 1 aromatic carbocycles. The van der Waals surface area contributed by atoms with Gasteiger partial charge in [-0.2, -0.15) is 0 Å². The van der Waals surface area contributed by atoms with Crippen LogP contribution in [-0.2, 0) is 29.3 Å². The van der Waals surface area contributed by atoms with Crippen molar-refractivity contribution in [2.75, 3.05) is 41.5 Å². The molecule has 248 valence electrons. The number of allylic oxidation sites excluding steroid dienone is 1. The van der Waals surface area contributed by atoms with Crippen LogP contribution in [0.1, 0.15) is 73.8 Å². The molecule has 1 saturated carbocycles. The number of amides is 2. The van der Waals surface area contributed by atoms with Gasteiger partial charge < -0.3 is 25.0 Å². The zero-order valence-corrected chi connectivity index (χ0v) is 29.3. The smallest absolute Gasteiger partial charge is 0.245 e. The second kappa shape index (κ2) is 16.1. The lowest BCUT2D eigenvalue weighted by atomic mass is 9.76. The average Bonchev–Trinajstić information content (AvgIpc) is 3.35. The summed E-state index contributed by atoms with van der Waals surface area (Å²) in [6.45, 7) is 17.0. The van der Waals surface area contributed by atoms with Crippen LogP contribution in [-0.4, -0.2) is 82.2 Å². The summed E-state index contributed by atoms with van der Waals surface area (Å²) in [7, 11) is 6.89. The summed E-state index contributed by atoms with van der Waals surface area (Å²) in [6.07, 6.45) is 3.80. The molecule has 0 saturated heterocycles. The van der Waals surface area contributed by atoms with Crippen molar-refractivity contribution in [1.29, 1.82) is 0 Å². The molecule has 5 atom stereocenters. The molecule has 8 heteroatoms. The van der Waals surface area contributed by atoms with Crippen LogP contribution < -0.4 is 10.6 Å². The highest BCUT2D eigenvalue weighted by molar-refractivity contribution is 5.97. The van der Waals surface area contributed by atoms with E-state index in [2.05, 4.69) is 10.6 Å². The van der Waals surface area contributed by atoms with Crippen molar-refractivity contribution in [3.8, 4) is 0 Å². The molecular weight excluding hydrogens is 554 g/mol. The molecule has 0 spiro atoms. The highest BCUT2D eigenvalue weighted by atomic mass is 16.5. The molecule has 0 bridgehead atoms. The summed E-state index contributed by atoms with van der Waals surface area (Å²) in [5, 5.41) is 6.31. The number of Topliss-reactive ketones (excluding diaryl/α,β-unsaturated/α-hetero) is 1. The number of benzene rings is 1. The number of nitrogens with zero attached hydrogens (tertiary/aromatic N) is 1. The molecule has 1 fully saturated rings. The van der Waals surface area contributed by atoms with Crippen molar-refractivity contribution in [2.45, 2.75) is 91.8 Å². The molecule has 0 radical (unpaired) electrons. The Bertz CT molecular complexity index is 1110. The number of hydrogen-bond donors (Lipinski definition) is 2. The number of likely N-dealkylation sites (N-methyl/N-ethyl adjacent to an activating group) is 2. The van der Waals surface area contributed by atoms with Gasteiger partial charge in [0.15, 0.2) is 5.78 Å². The number of carbonyl (C=O) groups is 3. The van der Waals surface area contributed by atoms with Crippen LogP contribution in [0.3, 0.4) is 0 Å². The van der Waals surface area contributed by atoms with Gasteiger partial charge in [-0.15, -0.1) is 0 Å². The van der Waals surface area contributed by atoms with Crippen LogP contribution in [0.15, 0.2) is 42.0 Å². The quantitative estimate of drug-likeness (QED) is 0.270. The molecule has 1 unspecified atom stereocenters. The van der Waals surface area contributed by atoms with Crippen LogP contribution in [0.5, 0.6) is 0 Å². The standard InChI is InChI=1S/C36H59N3O5/c1-23(2)28(20-24(3)30(40)29-25(21-43-11)18-19-26(29)22-44-12)39(10)34(42)32(35(4,5)6)38-33(41)31(37-9)36(7,8)27-16-14-13-15-17-27/h13-17,20,23,25-26,28-29,31-32,37H,18-19,21-22H2,1-12H3,(H,38,41)/b24-20+/t25-,26-,28?,31+,32+/m0/s1. The van der Waals surface area contributed by atoms with E-state index in [0.717, 1.165) is 18.4 Å². The Morgan fingerprint density at radius 3 is 1.91 bits per heavy atom. The molecule has 1 aliphatic carbocycles. The number of methoxy groups -OCH3 is 2. The normalized spacial score (nSPS) is 20.3. The van der Waals surface area contributed by atoms with E-state index in [1.165, 1.54) is 0 Å². The second-order valence-electron chi connectivity index (χ2n) is 14.5. The third-order valence-electron chi connectivity index (χ3n) is 9.47. The van der Waals surface area contributed by atoms with Crippen molar-refractivity contribution in [3.63, 3.8) is 0 Å². The Morgan fingerprint density at radius 2 is 1.48 bits per heavy atom. The SMILES string of the molecule is CN[C@H](C(=O)N[C@H](C(=O)N(C)C(/C=C(\C)C(=O)C1[C@H](COC)CC[C@H]1COC)C(C)C)C(C)(C)C)C(C)(C)c1ccccc1. The van der Waals surface area contributed by atoms with Crippen LogP contribution in [0.4, 0.5) is 0 Å². The molecular formula is C36H59N3O5. The zero-order chi connectivity index (χ0) is 33.4. The van der Waals surface area contributed by atoms with Crippen LogP contribution in [0.2, 0.25) is 0 Å². The summed E-state index contributed by atoms with van der Waals surface area (Å²) in [6, 6.07) is 8.23. The monoisotopic (exact) mass is 613 g/mol. The Hall–Kier alpha value is -2.55. The highest BCUT2D eigenvalue weighted by Gasteiger charge is 2.43. The van der Waals surface area contributed by atoms with E-state index >= 15 is 0 Å². The number of nitrogens with one attached hydrogen (secondary N) is 2. The van der Waals surface area contributed by atoms with E-state index < -0.39 is 22.9 Å². The topological polar surface area (TPSA) is 97.0 Å². The van der Waals surface area contributed by atoms with Crippen LogP contribution in [0.25, 0.3) is 0 Å². The fraction of sp³-hybridized carbons (Fsp3) is 0.694. The van der Waals surface area contributed by atoms with Gasteiger partial charge in [-0.1, -0.05) is 84.9 Å². The van der Waals surface area contributed by atoms with Crippen molar-refractivity contribution in [3.05, 3.63) is 47.5 Å².